The van der Waals surface area contributed by atoms with Gasteiger partial charge in [0.1, 0.15) is 0 Å². The predicted molar refractivity (Wildman–Crippen MR) is 113 cm³/mol. The molecule has 4 rings (SSSR count). The van der Waals surface area contributed by atoms with Crippen molar-refractivity contribution in [2.45, 2.75) is 6.04 Å². The molecule has 0 saturated heterocycles. The van der Waals surface area contributed by atoms with Gasteiger partial charge in [-0.3, -0.25) is 0 Å². The van der Waals surface area contributed by atoms with Crippen molar-refractivity contribution in [1.29, 1.82) is 0 Å². The van der Waals surface area contributed by atoms with Gasteiger partial charge in [-0.1, -0.05) is 89.2 Å². The van der Waals surface area contributed by atoms with Crippen LogP contribution in [0.2, 0.25) is 0 Å². The zero-order valence-electron chi connectivity index (χ0n) is 14.5. The van der Waals surface area contributed by atoms with Crippen LogP contribution in [0.15, 0.2) is 84.9 Å². The molecular formula is C22H16NNaS2. The molecule has 0 fully saturated rings. The van der Waals surface area contributed by atoms with E-state index in [9.17, 15) is 0 Å². The fourth-order valence-corrected chi connectivity index (χ4v) is 3.68. The van der Waals surface area contributed by atoms with Gasteiger partial charge in [0, 0.05) is 0 Å². The largest absolute Gasteiger partial charge is 1.00 e. The van der Waals surface area contributed by atoms with E-state index in [1.54, 1.807) is 0 Å². The van der Waals surface area contributed by atoms with Crippen molar-refractivity contribution >= 4 is 50.7 Å². The molecule has 0 unspecified atom stereocenters. The molecule has 122 valence electrons. The number of benzene rings is 4. The van der Waals surface area contributed by atoms with Crippen LogP contribution in [0.1, 0.15) is 17.2 Å². The van der Waals surface area contributed by atoms with Crippen molar-refractivity contribution < 1.29 is 29.6 Å². The maximum absolute atomic E-state index is 5.22. The first-order chi connectivity index (χ1) is 12.2. The Morgan fingerprint density at radius 2 is 1.12 bits per heavy atom. The van der Waals surface area contributed by atoms with Crippen LogP contribution in [0.3, 0.4) is 0 Å². The van der Waals surface area contributed by atoms with E-state index in [0.29, 0.717) is 4.32 Å². The average Bonchev–Trinajstić information content (AvgIpc) is 2.65. The quantitative estimate of drug-likeness (QED) is 0.333. The Morgan fingerprint density at radius 1 is 0.692 bits per heavy atom. The van der Waals surface area contributed by atoms with Gasteiger partial charge in [0.05, 0.1) is 6.04 Å². The van der Waals surface area contributed by atoms with Gasteiger partial charge in [0.25, 0.3) is 0 Å². The Balaban J connectivity index is 0.00000196. The third-order valence-corrected chi connectivity index (χ3v) is 4.77. The van der Waals surface area contributed by atoms with Crippen LogP contribution >= 0.6 is 12.2 Å². The standard InChI is InChI=1S/C22H17NS2.Na/c24-22(25)23-21(19-13-5-9-15-7-1-3-11-17(15)19)20-14-6-10-16-8-2-4-12-18(16)20;/h1-14,21H,(H2,23,24,25);/q;+1/p-1. The molecule has 0 heterocycles. The van der Waals surface area contributed by atoms with E-state index in [0.717, 1.165) is 0 Å². The molecule has 0 aliphatic carbocycles. The van der Waals surface area contributed by atoms with Gasteiger partial charge in [-0.25, -0.2) is 0 Å². The maximum atomic E-state index is 5.22. The van der Waals surface area contributed by atoms with E-state index in [1.807, 2.05) is 0 Å². The Labute approximate surface area is 186 Å². The molecule has 0 amide bonds. The fourth-order valence-electron chi connectivity index (χ4n) is 3.45. The zero-order valence-corrected chi connectivity index (χ0v) is 18.1. The van der Waals surface area contributed by atoms with E-state index in [1.165, 1.54) is 32.7 Å². The summed E-state index contributed by atoms with van der Waals surface area (Å²) in [5.41, 5.74) is 2.36. The first-order valence-electron chi connectivity index (χ1n) is 8.17. The Hall–Kier alpha value is -1.49. The van der Waals surface area contributed by atoms with Gasteiger partial charge in [0.15, 0.2) is 0 Å². The number of rotatable bonds is 3. The van der Waals surface area contributed by atoms with Crippen LogP contribution < -0.4 is 34.9 Å². The van der Waals surface area contributed by atoms with Crippen molar-refractivity contribution in [3.63, 3.8) is 0 Å². The van der Waals surface area contributed by atoms with Crippen molar-refractivity contribution in [3.8, 4) is 0 Å². The molecule has 0 aromatic heterocycles. The summed E-state index contributed by atoms with van der Waals surface area (Å²) in [5.74, 6) is 0. The molecule has 26 heavy (non-hydrogen) atoms. The molecule has 1 nitrogen and oxygen atoms in total. The molecule has 4 aromatic rings. The van der Waals surface area contributed by atoms with E-state index < -0.39 is 0 Å². The van der Waals surface area contributed by atoms with Crippen LogP contribution in [0, 0.1) is 0 Å². The minimum Gasteiger partial charge on any atom is -0.412 e. The zero-order chi connectivity index (χ0) is 17.2. The Morgan fingerprint density at radius 3 is 1.58 bits per heavy atom. The molecule has 4 heteroatoms. The first-order valence-corrected chi connectivity index (χ1v) is 8.98. The van der Waals surface area contributed by atoms with Gasteiger partial charge in [-0.05, 0) is 32.7 Å². The van der Waals surface area contributed by atoms with Crippen molar-refractivity contribution in [3.05, 3.63) is 96.1 Å². The number of nitrogens with one attached hydrogen (secondary N) is 1. The number of hydrogen-bond acceptors (Lipinski definition) is 2. The van der Waals surface area contributed by atoms with E-state index in [2.05, 4.69) is 90.2 Å². The van der Waals surface area contributed by atoms with Crippen molar-refractivity contribution in [1.82, 2.24) is 5.32 Å². The molecule has 1 N–H and O–H groups in total. The second-order valence-corrected chi connectivity index (χ2v) is 7.08. The predicted octanol–water partition coefficient (Wildman–Crippen LogP) is 2.51. The minimum atomic E-state index is -0.0813. The van der Waals surface area contributed by atoms with Gasteiger partial charge in [0.2, 0.25) is 0 Å². The van der Waals surface area contributed by atoms with E-state index >= 15 is 0 Å². The number of hydrogen-bond donors (Lipinski definition) is 1. The molecular weight excluding hydrogens is 365 g/mol. The van der Waals surface area contributed by atoms with Gasteiger partial charge < -0.3 is 30.2 Å². The molecule has 0 spiro atoms. The summed E-state index contributed by atoms with van der Waals surface area (Å²) in [4.78, 5) is 0. The first kappa shape index (κ1) is 19.3. The molecule has 0 aliphatic heterocycles. The van der Waals surface area contributed by atoms with Gasteiger partial charge in [-0.15, -0.1) is 0 Å². The molecule has 0 bridgehead atoms. The third kappa shape index (κ3) is 3.78. The summed E-state index contributed by atoms with van der Waals surface area (Å²) in [7, 11) is 0. The van der Waals surface area contributed by atoms with E-state index in [-0.39, 0.29) is 35.6 Å². The van der Waals surface area contributed by atoms with Crippen molar-refractivity contribution in [2.75, 3.05) is 0 Å². The number of thiocarbonyl (C=S) groups is 1. The van der Waals surface area contributed by atoms with Crippen LogP contribution in [-0.2, 0) is 12.6 Å². The van der Waals surface area contributed by atoms with Crippen LogP contribution in [0.4, 0.5) is 0 Å². The second-order valence-electron chi connectivity index (χ2n) is 6.00. The average molecular weight is 382 g/mol. The van der Waals surface area contributed by atoms with E-state index in [4.69, 9.17) is 24.8 Å². The molecule has 0 radical (unpaired) electrons. The van der Waals surface area contributed by atoms with Crippen LogP contribution in [-0.4, -0.2) is 4.32 Å². The minimum absolute atomic E-state index is 0. The summed E-state index contributed by atoms with van der Waals surface area (Å²) in [5, 5.41) is 8.18. The summed E-state index contributed by atoms with van der Waals surface area (Å²) in [6.45, 7) is 0. The number of fused-ring (bicyclic) bond motifs is 2. The molecule has 0 saturated carbocycles. The monoisotopic (exact) mass is 381 g/mol. The third-order valence-electron chi connectivity index (χ3n) is 4.53. The summed E-state index contributed by atoms with van der Waals surface area (Å²) in [6, 6.07) is 29.5. The molecule has 0 atom stereocenters. The SMILES string of the molecule is S=C([S-])NC(c1cccc2ccccc12)c1cccc2ccccc12.[Na+]. The summed E-state index contributed by atoms with van der Waals surface area (Å²) < 4.78 is 0.380. The Bertz CT molecular complexity index is 988. The smallest absolute Gasteiger partial charge is 0.412 e. The van der Waals surface area contributed by atoms with Crippen molar-refractivity contribution in [2.24, 2.45) is 0 Å². The van der Waals surface area contributed by atoms with Gasteiger partial charge >= 0.3 is 29.6 Å². The Kier molecular flexibility index (Phi) is 6.28. The van der Waals surface area contributed by atoms with Gasteiger partial charge in [-0.2, -0.15) is 0 Å². The molecule has 0 aliphatic rings. The second kappa shape index (κ2) is 8.47. The fraction of sp³-hybridized carbons (Fsp3) is 0.0455. The van der Waals surface area contributed by atoms with Crippen LogP contribution in [0.25, 0.3) is 21.5 Å². The maximum Gasteiger partial charge on any atom is 1.00 e. The summed E-state index contributed by atoms with van der Waals surface area (Å²) >= 11 is 10.4. The topological polar surface area (TPSA) is 12.0 Å². The molecule has 4 aromatic carbocycles. The normalized spacial score (nSPS) is 10.7. The summed E-state index contributed by atoms with van der Waals surface area (Å²) in [6.07, 6.45) is 0. The van der Waals surface area contributed by atoms with Crippen LogP contribution in [0.5, 0.6) is 0 Å².